The van der Waals surface area contributed by atoms with Gasteiger partial charge in [0.25, 0.3) is 5.91 Å². The number of fused-ring (bicyclic) bond motifs is 1. The highest BCUT2D eigenvalue weighted by atomic mass is 32.2. The zero-order valence-electron chi connectivity index (χ0n) is 24.9. The first-order chi connectivity index (χ1) is 21.5. The smallest absolute Gasteiger partial charge is 0.410 e. The molecule has 1 fully saturated rings. The topological polar surface area (TPSA) is 106 Å². The Kier molecular flexibility index (Phi) is 9.20. The van der Waals surface area contributed by atoms with Crippen LogP contribution in [0.25, 0.3) is 11.9 Å². The number of thioether (sulfide) groups is 1. The SMILES string of the molecule is C#CCOc1cnc(/C(F)=C/c2ccc(F)c(C34CN(C(=O)OC(C)(C)C)CC3CSC(NC(=O)c3ccccc3)=N4)c2)cn1. The van der Waals surface area contributed by atoms with E-state index in [0.29, 0.717) is 22.0 Å². The molecule has 0 saturated carbocycles. The molecule has 0 aliphatic carbocycles. The molecule has 232 valence electrons. The van der Waals surface area contributed by atoms with Crippen molar-refractivity contribution in [1.29, 1.82) is 0 Å². The summed E-state index contributed by atoms with van der Waals surface area (Å²) in [7, 11) is 0. The molecule has 1 saturated heterocycles. The van der Waals surface area contributed by atoms with Crippen molar-refractivity contribution >= 4 is 40.8 Å². The summed E-state index contributed by atoms with van der Waals surface area (Å²) < 4.78 is 41.9. The van der Waals surface area contributed by atoms with Crippen LogP contribution in [0.15, 0.2) is 65.9 Å². The monoisotopic (exact) mass is 631 g/mol. The van der Waals surface area contributed by atoms with E-state index in [4.69, 9.17) is 20.9 Å². The predicted octanol–water partition coefficient (Wildman–Crippen LogP) is 5.69. The van der Waals surface area contributed by atoms with E-state index in [0.717, 1.165) is 0 Å². The molecule has 1 N–H and O–H groups in total. The Morgan fingerprint density at radius 1 is 1.20 bits per heavy atom. The molecule has 0 radical (unpaired) electrons. The number of carbonyl (C=O) groups is 2. The molecular formula is C33H31F2N5O4S. The van der Waals surface area contributed by atoms with Gasteiger partial charge in [-0.15, -0.1) is 6.42 Å². The van der Waals surface area contributed by atoms with Crippen molar-refractivity contribution in [1.82, 2.24) is 20.2 Å². The molecule has 2 atom stereocenters. The number of carbonyl (C=O) groups excluding carboxylic acids is 2. The lowest BCUT2D eigenvalue weighted by Crippen LogP contribution is -2.43. The Morgan fingerprint density at radius 3 is 2.67 bits per heavy atom. The molecular weight excluding hydrogens is 600 g/mol. The Balaban J connectivity index is 1.51. The fourth-order valence-corrected chi connectivity index (χ4v) is 6.21. The standard InChI is InChI=1S/C33H31F2N5O4S/c1-5-13-43-28-17-36-27(16-37-28)26(35)15-21-11-12-25(34)24(14-21)33-20-40(31(42)44-32(2,3)4)18-23(33)19-45-30(39-33)38-29(41)22-9-7-6-8-10-22/h1,6-12,14-17,23H,13,18-20H2,2-4H3,(H,38,39,41)/b26-15-. The van der Waals surface area contributed by atoms with Gasteiger partial charge in [-0.3, -0.25) is 4.79 Å². The quantitative estimate of drug-likeness (QED) is 0.349. The molecule has 45 heavy (non-hydrogen) atoms. The predicted molar refractivity (Wildman–Crippen MR) is 169 cm³/mol. The molecule has 2 amide bonds. The number of hydrogen-bond acceptors (Lipinski definition) is 8. The highest BCUT2D eigenvalue weighted by molar-refractivity contribution is 8.13. The van der Waals surface area contributed by atoms with E-state index in [1.165, 1.54) is 53.3 Å². The third-order valence-electron chi connectivity index (χ3n) is 7.10. The minimum atomic E-state index is -1.28. The van der Waals surface area contributed by atoms with Crippen LogP contribution in [0.2, 0.25) is 0 Å². The number of terminal acetylenes is 1. The van der Waals surface area contributed by atoms with Crippen molar-refractivity contribution < 1.29 is 27.8 Å². The van der Waals surface area contributed by atoms with E-state index >= 15 is 8.78 Å². The highest BCUT2D eigenvalue weighted by Gasteiger charge is 2.53. The lowest BCUT2D eigenvalue weighted by molar-refractivity contribution is 0.0281. The minimum Gasteiger partial charge on any atom is -0.463 e. The number of amides is 2. The Bertz CT molecular complexity index is 1690. The van der Waals surface area contributed by atoms with Gasteiger partial charge in [-0.1, -0.05) is 41.9 Å². The van der Waals surface area contributed by atoms with Gasteiger partial charge in [0.1, 0.15) is 22.7 Å². The number of ether oxygens (including phenoxy) is 2. The third-order valence-corrected chi connectivity index (χ3v) is 8.14. The lowest BCUT2D eigenvalue weighted by atomic mass is 9.81. The number of likely N-dealkylation sites (tertiary alicyclic amines) is 1. The second-order valence-corrected chi connectivity index (χ2v) is 12.5. The number of halogens is 2. The Hall–Kier alpha value is -4.76. The van der Waals surface area contributed by atoms with Gasteiger partial charge < -0.3 is 19.7 Å². The Morgan fingerprint density at radius 2 is 1.98 bits per heavy atom. The van der Waals surface area contributed by atoms with Gasteiger partial charge in [-0.05, 0) is 56.7 Å². The molecule has 2 unspecified atom stereocenters. The van der Waals surface area contributed by atoms with Crippen LogP contribution in [0, 0.1) is 24.1 Å². The van der Waals surface area contributed by atoms with Gasteiger partial charge in [-0.2, -0.15) is 0 Å². The number of aromatic nitrogens is 2. The lowest BCUT2D eigenvalue weighted by Gasteiger charge is -2.35. The summed E-state index contributed by atoms with van der Waals surface area (Å²) >= 11 is 1.32. The highest BCUT2D eigenvalue weighted by Crippen LogP contribution is 2.47. The number of amidine groups is 1. The van der Waals surface area contributed by atoms with E-state index in [9.17, 15) is 9.59 Å². The summed E-state index contributed by atoms with van der Waals surface area (Å²) in [4.78, 5) is 40.6. The first kappa shape index (κ1) is 31.7. The molecule has 3 heterocycles. The van der Waals surface area contributed by atoms with Crippen LogP contribution in [0.4, 0.5) is 13.6 Å². The molecule has 2 aliphatic heterocycles. The summed E-state index contributed by atoms with van der Waals surface area (Å²) in [6.45, 7) is 5.54. The fraction of sp³-hybridized carbons (Fsp3) is 0.303. The minimum absolute atomic E-state index is 0.00254. The zero-order chi connectivity index (χ0) is 32.2. The van der Waals surface area contributed by atoms with Crippen molar-refractivity contribution in [2.24, 2.45) is 10.9 Å². The fourth-order valence-electron chi connectivity index (χ4n) is 5.08. The second-order valence-electron chi connectivity index (χ2n) is 11.5. The molecule has 2 aromatic carbocycles. The van der Waals surface area contributed by atoms with Gasteiger partial charge >= 0.3 is 6.09 Å². The van der Waals surface area contributed by atoms with Gasteiger partial charge in [0.2, 0.25) is 5.88 Å². The third kappa shape index (κ3) is 7.32. The maximum absolute atomic E-state index is 15.8. The van der Waals surface area contributed by atoms with Gasteiger partial charge in [0.15, 0.2) is 17.6 Å². The van der Waals surface area contributed by atoms with E-state index in [2.05, 4.69) is 21.2 Å². The van der Waals surface area contributed by atoms with Gasteiger partial charge in [0.05, 0.1) is 18.9 Å². The largest absolute Gasteiger partial charge is 0.463 e. The van der Waals surface area contributed by atoms with Crippen LogP contribution < -0.4 is 10.1 Å². The van der Waals surface area contributed by atoms with E-state index in [1.807, 2.05) is 0 Å². The molecule has 2 aliphatic rings. The van der Waals surface area contributed by atoms with Crippen LogP contribution >= 0.6 is 11.8 Å². The average molecular weight is 632 g/mol. The first-order valence-corrected chi connectivity index (χ1v) is 15.1. The van der Waals surface area contributed by atoms with Crippen LogP contribution in [0.5, 0.6) is 5.88 Å². The molecule has 0 bridgehead atoms. The zero-order valence-corrected chi connectivity index (χ0v) is 25.7. The summed E-state index contributed by atoms with van der Waals surface area (Å²) in [5.74, 6) is 0.912. The van der Waals surface area contributed by atoms with Crippen molar-refractivity contribution in [3.05, 3.63) is 89.1 Å². The number of aliphatic imine (C=N–C) groups is 1. The maximum Gasteiger partial charge on any atom is 0.410 e. The average Bonchev–Trinajstić information content (AvgIpc) is 3.41. The van der Waals surface area contributed by atoms with Crippen molar-refractivity contribution in [2.75, 3.05) is 25.4 Å². The second kappa shape index (κ2) is 13.1. The molecule has 9 nitrogen and oxygen atoms in total. The number of nitrogens with zero attached hydrogens (tertiary/aromatic N) is 4. The van der Waals surface area contributed by atoms with Crippen molar-refractivity contribution in [2.45, 2.75) is 31.9 Å². The van der Waals surface area contributed by atoms with Crippen LogP contribution in [-0.4, -0.2) is 63.1 Å². The molecule has 3 aromatic rings. The molecule has 5 rings (SSSR count). The molecule has 12 heteroatoms. The summed E-state index contributed by atoms with van der Waals surface area (Å²) in [6.07, 6.45) is 8.29. The van der Waals surface area contributed by atoms with Crippen LogP contribution in [0.3, 0.4) is 0 Å². The van der Waals surface area contributed by atoms with Crippen LogP contribution in [0.1, 0.15) is 48.0 Å². The van der Waals surface area contributed by atoms with E-state index in [1.54, 1.807) is 51.1 Å². The van der Waals surface area contributed by atoms with Gasteiger partial charge in [0, 0.05) is 29.3 Å². The van der Waals surface area contributed by atoms with E-state index in [-0.39, 0.29) is 48.7 Å². The summed E-state index contributed by atoms with van der Waals surface area (Å²) in [6, 6.07) is 12.8. The van der Waals surface area contributed by atoms with Gasteiger partial charge in [-0.25, -0.2) is 28.5 Å². The maximum atomic E-state index is 15.8. The number of benzene rings is 2. The summed E-state index contributed by atoms with van der Waals surface area (Å²) in [5, 5.41) is 3.13. The summed E-state index contributed by atoms with van der Waals surface area (Å²) in [5.41, 5.74) is -1.14. The van der Waals surface area contributed by atoms with Crippen molar-refractivity contribution in [3.63, 3.8) is 0 Å². The number of hydrogen-bond donors (Lipinski definition) is 1. The number of nitrogens with one attached hydrogen (secondary N) is 1. The number of rotatable bonds is 6. The normalized spacial score (nSPS) is 19.6. The Labute approximate surface area is 264 Å². The van der Waals surface area contributed by atoms with Crippen molar-refractivity contribution in [3.8, 4) is 18.2 Å². The van der Waals surface area contributed by atoms with E-state index < -0.39 is 28.9 Å². The first-order valence-electron chi connectivity index (χ1n) is 14.1. The van der Waals surface area contributed by atoms with Crippen LogP contribution in [-0.2, 0) is 10.3 Å². The molecule has 1 aromatic heterocycles. The molecule has 0 spiro atoms.